The first-order valence-electron chi connectivity index (χ1n) is 1.86. The fourth-order valence-electron chi connectivity index (χ4n) is 0.269. The van der Waals surface area contributed by atoms with Crippen LogP contribution in [-0.4, -0.2) is 15.0 Å². The van der Waals surface area contributed by atoms with Crippen molar-refractivity contribution >= 4 is 28.2 Å². The highest BCUT2D eigenvalue weighted by Crippen LogP contribution is 1.99. The molecule has 0 aromatic rings. The summed E-state index contributed by atoms with van der Waals surface area (Å²) in [5.41, 5.74) is 0. The lowest BCUT2D eigenvalue weighted by Crippen LogP contribution is -2.08. The minimum Gasteiger partial charge on any atom is -0.233 e. The van der Waals surface area contributed by atoms with Gasteiger partial charge in [-0.05, 0) is 11.9 Å². The highest BCUT2D eigenvalue weighted by molar-refractivity contribution is 7.98. The van der Waals surface area contributed by atoms with Crippen LogP contribution in [0.2, 0.25) is 0 Å². The van der Waals surface area contributed by atoms with Crippen LogP contribution in [-0.2, 0) is 11.3 Å². The van der Waals surface area contributed by atoms with Crippen LogP contribution >= 0.6 is 11.9 Å². The van der Waals surface area contributed by atoms with Crippen molar-refractivity contribution in [3.8, 4) is 0 Å². The Kier molecular flexibility index (Phi) is 2.04. The molecule has 8 heavy (non-hydrogen) atoms. The van der Waals surface area contributed by atoms with E-state index < -0.39 is 0 Å². The van der Waals surface area contributed by atoms with Gasteiger partial charge in [0.05, 0.1) is 5.75 Å². The molecule has 0 aromatic heterocycles. The van der Waals surface area contributed by atoms with Crippen LogP contribution in [0.4, 0.5) is 0 Å². The number of hydrogen-bond acceptors (Lipinski definition) is 4. The van der Waals surface area contributed by atoms with Crippen molar-refractivity contribution in [3.05, 3.63) is 0 Å². The molecular formula is C2H3N3OS2. The third kappa shape index (κ3) is 1.31. The Hall–Kier alpha value is -0.360. The molecule has 0 bridgehead atoms. The van der Waals surface area contributed by atoms with Crippen LogP contribution in [0.25, 0.3) is 0 Å². The Morgan fingerprint density at radius 2 is 2.75 bits per heavy atom. The summed E-state index contributed by atoms with van der Waals surface area (Å²) in [6.07, 6.45) is 0. The van der Waals surface area contributed by atoms with Gasteiger partial charge in [0.2, 0.25) is 0 Å². The second-order valence-electron chi connectivity index (χ2n) is 1.06. The predicted octanol–water partition coefficient (Wildman–Crippen LogP) is -0.0521. The van der Waals surface area contributed by atoms with Crippen LogP contribution in [0.15, 0.2) is 10.3 Å². The predicted molar refractivity (Wildman–Crippen MR) is 33.6 cm³/mol. The topological polar surface area (TPSA) is 53.8 Å². The van der Waals surface area contributed by atoms with Gasteiger partial charge in [0, 0.05) is 0 Å². The van der Waals surface area contributed by atoms with E-state index in [0.717, 1.165) is 0 Å². The van der Waals surface area contributed by atoms with Crippen molar-refractivity contribution in [3.63, 3.8) is 0 Å². The maximum atomic E-state index is 9.97. The van der Waals surface area contributed by atoms with E-state index in [1.54, 1.807) is 0 Å². The fourth-order valence-corrected chi connectivity index (χ4v) is 1.06. The number of rotatable bonds is 0. The minimum absolute atomic E-state index is 0.391. The smallest absolute Gasteiger partial charge is 0.169 e. The van der Waals surface area contributed by atoms with E-state index in [1.165, 1.54) is 11.9 Å². The molecule has 1 aliphatic heterocycles. The van der Waals surface area contributed by atoms with Crippen molar-refractivity contribution in [2.75, 3.05) is 5.75 Å². The van der Waals surface area contributed by atoms with Gasteiger partial charge in [-0.3, -0.25) is 0 Å². The molecule has 1 N–H and O–H groups in total. The van der Waals surface area contributed by atoms with Gasteiger partial charge in [-0.1, -0.05) is 5.22 Å². The molecule has 0 amide bonds. The van der Waals surface area contributed by atoms with E-state index in [9.17, 15) is 4.21 Å². The molecule has 1 rings (SSSR count). The zero-order valence-electron chi connectivity index (χ0n) is 3.83. The molecule has 4 nitrogen and oxygen atoms in total. The quantitative estimate of drug-likeness (QED) is 0.388. The molecule has 0 aromatic carbocycles. The van der Waals surface area contributed by atoms with Crippen molar-refractivity contribution in [1.29, 1.82) is 0 Å². The molecule has 0 fully saturated rings. The van der Waals surface area contributed by atoms with Gasteiger partial charge < -0.3 is 0 Å². The Morgan fingerprint density at radius 3 is 3.12 bits per heavy atom. The summed E-state index contributed by atoms with van der Waals surface area (Å²) in [5, 5.41) is 6.92. The summed E-state index contributed by atoms with van der Waals surface area (Å²) in [5.74, 6) is 0.623. The van der Waals surface area contributed by atoms with Crippen molar-refractivity contribution < 1.29 is 4.21 Å². The summed E-state index contributed by atoms with van der Waals surface area (Å²) < 4.78 is 9.97. The van der Waals surface area contributed by atoms with Gasteiger partial charge in [0.15, 0.2) is 4.99 Å². The summed E-state index contributed by atoms with van der Waals surface area (Å²) in [4.78, 5) is 3.07. The highest BCUT2D eigenvalue weighted by atomic mass is 32.2. The Morgan fingerprint density at radius 1 is 1.88 bits per heavy atom. The van der Waals surface area contributed by atoms with Gasteiger partial charge in [-0.15, -0.1) is 5.11 Å². The van der Waals surface area contributed by atoms with Crippen molar-refractivity contribution in [2.24, 2.45) is 10.3 Å². The molecule has 1 heterocycles. The fraction of sp³-hybridized carbons (Fsp3) is 0.500. The molecule has 0 saturated carbocycles. The minimum atomic E-state index is 0.391. The zero-order chi connectivity index (χ0) is 5.82. The van der Waals surface area contributed by atoms with Gasteiger partial charge in [-0.25, -0.2) is 9.04 Å². The van der Waals surface area contributed by atoms with Crippen LogP contribution in [0, 0.1) is 0 Å². The number of hydrogen-bond donors (Lipinski definition) is 1. The Bertz CT molecular complexity index is 161. The molecular weight excluding hydrogens is 146 g/mol. The number of nitrogens with zero attached hydrogens (tertiary/aromatic N) is 2. The molecule has 0 radical (unpaired) electrons. The summed E-state index contributed by atoms with van der Waals surface area (Å²) in [6.45, 7) is 0. The first kappa shape index (κ1) is 5.77. The Balaban J connectivity index is 2.70. The van der Waals surface area contributed by atoms with E-state index in [0.29, 0.717) is 22.0 Å². The summed E-state index contributed by atoms with van der Waals surface area (Å²) >= 11 is 1.75. The third-order valence-electron chi connectivity index (χ3n) is 0.559. The van der Waals surface area contributed by atoms with E-state index in [-0.39, 0.29) is 0 Å². The molecule has 0 saturated heterocycles. The summed E-state index contributed by atoms with van der Waals surface area (Å²) in [7, 11) is 0. The van der Waals surface area contributed by atoms with Crippen LogP contribution in [0.1, 0.15) is 0 Å². The first-order chi connectivity index (χ1) is 3.93. The summed E-state index contributed by atoms with van der Waals surface area (Å²) in [6, 6.07) is 0. The molecule has 0 aliphatic carbocycles. The van der Waals surface area contributed by atoms with Crippen LogP contribution in [0.3, 0.4) is 0 Å². The SMILES string of the molecule is O=S=C1CSNN=N1. The van der Waals surface area contributed by atoms with E-state index >= 15 is 0 Å². The van der Waals surface area contributed by atoms with Gasteiger partial charge >= 0.3 is 0 Å². The van der Waals surface area contributed by atoms with Gasteiger partial charge in [0.1, 0.15) is 11.3 Å². The normalized spacial score (nSPS) is 17.8. The number of nitrogens with one attached hydrogen (secondary N) is 1. The van der Waals surface area contributed by atoms with Crippen LogP contribution in [0.5, 0.6) is 0 Å². The average Bonchev–Trinajstić information content (AvgIpc) is 1.90. The second kappa shape index (κ2) is 2.83. The Labute approximate surface area is 53.9 Å². The van der Waals surface area contributed by atoms with Gasteiger partial charge in [-0.2, -0.15) is 0 Å². The molecule has 0 atom stereocenters. The average molecular weight is 149 g/mol. The highest BCUT2D eigenvalue weighted by Gasteiger charge is 2.00. The van der Waals surface area contributed by atoms with E-state index in [1.807, 2.05) is 0 Å². The lowest BCUT2D eigenvalue weighted by molar-refractivity contribution is 0.700. The molecule has 0 spiro atoms. The van der Waals surface area contributed by atoms with E-state index in [4.69, 9.17) is 0 Å². The maximum absolute atomic E-state index is 9.97. The lowest BCUT2D eigenvalue weighted by atomic mass is 10.8. The molecule has 0 unspecified atom stereocenters. The van der Waals surface area contributed by atoms with E-state index in [2.05, 4.69) is 15.2 Å². The van der Waals surface area contributed by atoms with Gasteiger partial charge in [0.25, 0.3) is 0 Å². The zero-order valence-corrected chi connectivity index (χ0v) is 5.46. The standard InChI is InChI=1S/C2H3N3OS2/c6-8-2-1-7-5-4-3-2/h1H2,(H,3,5). The van der Waals surface area contributed by atoms with Crippen molar-refractivity contribution in [1.82, 2.24) is 4.83 Å². The monoisotopic (exact) mass is 149 g/mol. The largest absolute Gasteiger partial charge is 0.233 e. The maximum Gasteiger partial charge on any atom is 0.169 e. The molecule has 6 heteroatoms. The molecule has 1 aliphatic rings. The first-order valence-corrected chi connectivity index (χ1v) is 3.59. The van der Waals surface area contributed by atoms with Crippen molar-refractivity contribution in [2.45, 2.75) is 0 Å². The lowest BCUT2D eigenvalue weighted by Gasteiger charge is -1.99. The molecule has 44 valence electrons. The van der Waals surface area contributed by atoms with Crippen LogP contribution < -0.4 is 4.83 Å². The third-order valence-corrected chi connectivity index (χ3v) is 1.79. The second-order valence-corrected chi connectivity index (χ2v) is 2.45.